The van der Waals surface area contributed by atoms with Crippen LogP contribution in [0.1, 0.15) is 259 Å². The van der Waals surface area contributed by atoms with Crippen LogP contribution in [0.3, 0.4) is 0 Å². The van der Waals surface area contributed by atoms with Crippen LogP contribution < -0.4 is 72.0 Å². The molecule has 0 bridgehead atoms. The minimum atomic E-state index is -1.35. The molecule has 34 heteroatoms. The highest BCUT2D eigenvalue weighted by molar-refractivity contribution is 5.98. The van der Waals surface area contributed by atoms with Gasteiger partial charge in [0.25, 0.3) is 0 Å². The maximum atomic E-state index is 14.5. The number of benzene rings is 1. The van der Waals surface area contributed by atoms with Crippen LogP contribution in [0.4, 0.5) is 0 Å². The molecule has 34 nitrogen and oxygen atoms in total. The first-order chi connectivity index (χ1) is 57.0. The summed E-state index contributed by atoms with van der Waals surface area (Å²) in [7, 11) is 1.52. The molecule has 0 unspecified atom stereocenters. The molecule has 674 valence electrons. The number of nitrogens with zero attached hydrogens (tertiary/aromatic N) is 5. The van der Waals surface area contributed by atoms with Crippen molar-refractivity contribution in [1.82, 2.24) is 51.8 Å². The van der Waals surface area contributed by atoms with Gasteiger partial charge in [0.05, 0.1) is 43.3 Å². The molecule has 1 aromatic carbocycles. The Morgan fingerprint density at radius 1 is 0.442 bits per heavy atom. The lowest BCUT2D eigenvalue weighted by Crippen LogP contribution is -2.52. The normalized spacial score (nSPS) is 14.2. The highest BCUT2D eigenvalue weighted by Crippen LogP contribution is 2.26. The fourth-order valence-electron chi connectivity index (χ4n) is 14.1. The third kappa shape index (κ3) is 45.9. The summed E-state index contributed by atoms with van der Waals surface area (Å²) >= 11 is 0. The summed E-state index contributed by atoms with van der Waals surface area (Å²) in [6, 6.07) is 1.14. The van der Waals surface area contributed by atoms with Crippen molar-refractivity contribution in [3.8, 4) is 5.75 Å². The van der Waals surface area contributed by atoms with Crippen molar-refractivity contribution in [1.29, 1.82) is 0 Å². The fourth-order valence-corrected chi connectivity index (χ4v) is 14.1. The smallest absolute Gasteiger partial charge is 0.243 e. The lowest BCUT2D eigenvalue weighted by molar-refractivity contribution is -0.136. The quantitative estimate of drug-likeness (QED) is 0.0180. The number of H-pyrrole nitrogens is 2. The van der Waals surface area contributed by atoms with Crippen LogP contribution in [0.2, 0.25) is 0 Å². The van der Waals surface area contributed by atoms with Crippen LogP contribution in [0.5, 0.6) is 5.75 Å². The van der Waals surface area contributed by atoms with Crippen LogP contribution >= 0.6 is 0 Å². The number of nitrogens with one attached hydrogen (secondary N) is 8. The summed E-state index contributed by atoms with van der Waals surface area (Å²) < 4.78 is 0. The zero-order valence-corrected chi connectivity index (χ0v) is 73.0. The van der Waals surface area contributed by atoms with E-state index in [4.69, 9.17) is 40.1 Å². The van der Waals surface area contributed by atoms with Gasteiger partial charge in [0.1, 0.15) is 23.6 Å². The number of nitrogens with two attached hydrogens (primary N) is 7. The summed E-state index contributed by atoms with van der Waals surface area (Å²) in [6.45, 7) is 16.5. The molecule has 0 saturated carbocycles. The highest BCUT2D eigenvalue weighted by atomic mass is 16.3. The maximum absolute atomic E-state index is 14.5. The predicted octanol–water partition coefficient (Wildman–Crippen LogP) is 5.81. The van der Waals surface area contributed by atoms with Crippen LogP contribution in [-0.2, 0) is 76.8 Å². The third-order valence-electron chi connectivity index (χ3n) is 21.4. The molecule has 0 aliphatic rings. The molecule has 7 amide bonds. The summed E-state index contributed by atoms with van der Waals surface area (Å²) in [5, 5.41) is 36.3. The zero-order valence-electron chi connectivity index (χ0n) is 73.0. The van der Waals surface area contributed by atoms with E-state index < -0.39 is 119 Å². The number of rotatable bonds is 65. The van der Waals surface area contributed by atoms with E-state index in [0.717, 1.165) is 24.8 Å². The molecular weight excluding hydrogens is 1540 g/mol. The van der Waals surface area contributed by atoms with Gasteiger partial charge in [-0.15, -0.1) is 0 Å². The van der Waals surface area contributed by atoms with E-state index in [1.165, 1.54) is 102 Å². The van der Waals surface area contributed by atoms with Gasteiger partial charge in [-0.05, 0) is 107 Å². The van der Waals surface area contributed by atoms with Gasteiger partial charge >= 0.3 is 0 Å². The number of phenols is 1. The molecular formula is C86H146N20O14. The first-order valence-electron chi connectivity index (χ1n) is 43.2. The molecule has 0 aliphatic carbocycles. The summed E-state index contributed by atoms with van der Waals surface area (Å²) in [6.07, 6.45) is 24.4. The van der Waals surface area contributed by atoms with Crippen molar-refractivity contribution in [2.24, 2.45) is 108 Å². The van der Waals surface area contributed by atoms with Crippen molar-refractivity contribution in [3.05, 3.63) is 66.3 Å². The number of guanidine groups is 3. The van der Waals surface area contributed by atoms with Crippen molar-refractivity contribution in [2.45, 2.75) is 292 Å². The van der Waals surface area contributed by atoms with Crippen molar-refractivity contribution in [3.63, 3.8) is 0 Å². The number of primary amides is 1. The lowest BCUT2D eigenvalue weighted by atomic mass is 9.85. The summed E-state index contributed by atoms with van der Waals surface area (Å²) in [5.41, 5.74) is 40.8. The Kier molecular flexibility index (Phi) is 53.3. The van der Waals surface area contributed by atoms with Gasteiger partial charge in [-0.25, -0.2) is 9.97 Å². The molecule has 0 aliphatic heterocycles. The number of aliphatic hydroxyl groups is 1. The van der Waals surface area contributed by atoms with Gasteiger partial charge in [0.15, 0.2) is 41.0 Å². The number of hydrogen-bond donors (Lipinski definition) is 17. The van der Waals surface area contributed by atoms with E-state index in [9.17, 15) is 67.7 Å². The predicted molar refractivity (Wildman–Crippen MR) is 465 cm³/mol. The number of Topliss-reactive ketones (excluding diaryl/α,β-unsaturated/α-hetero) is 5. The Balaban J connectivity index is 0.000000905. The molecule has 2 heterocycles. The number of hydrogen-bond acceptors (Lipinski definition) is 19. The van der Waals surface area contributed by atoms with Gasteiger partial charge < -0.3 is 92.2 Å². The Morgan fingerprint density at radius 2 is 0.892 bits per heavy atom. The molecule has 0 saturated heterocycles. The second-order valence-electron chi connectivity index (χ2n) is 32.8. The summed E-state index contributed by atoms with van der Waals surface area (Å²) in [5.74, 6) is -11.0. The lowest BCUT2D eigenvalue weighted by Gasteiger charge is -2.27. The van der Waals surface area contributed by atoms with Crippen LogP contribution in [-0.4, -0.2) is 182 Å². The number of ketones is 5. The molecule has 0 fully saturated rings. The number of amides is 7. The van der Waals surface area contributed by atoms with Crippen molar-refractivity contribution >= 4 is 88.1 Å². The number of carbonyl (C=O) groups is 12. The zero-order chi connectivity index (χ0) is 89.7. The molecule has 120 heavy (non-hydrogen) atoms. The molecule has 3 aromatic rings. The minimum absolute atomic E-state index is 0.0578. The van der Waals surface area contributed by atoms with Gasteiger partial charge in [-0.1, -0.05) is 151 Å². The topological polar surface area (TPSA) is 594 Å². The number of aromatic nitrogens is 4. The number of aliphatic hydroxyl groups excluding tert-OH is 1. The monoisotopic (exact) mass is 1680 g/mol. The molecule has 3 rings (SSSR count). The average Bonchev–Trinajstić information content (AvgIpc) is 0.993. The summed E-state index contributed by atoms with van der Waals surface area (Å²) in [4.78, 5) is 188. The van der Waals surface area contributed by atoms with Crippen LogP contribution in [0.15, 0.2) is 64.3 Å². The van der Waals surface area contributed by atoms with Gasteiger partial charge in [0, 0.05) is 131 Å². The first-order valence-corrected chi connectivity index (χ1v) is 43.2. The molecule has 2 aromatic heterocycles. The van der Waals surface area contributed by atoms with Crippen molar-refractivity contribution in [2.75, 3.05) is 33.3 Å². The van der Waals surface area contributed by atoms with Gasteiger partial charge in [-0.2, -0.15) is 0 Å². The van der Waals surface area contributed by atoms with Crippen LogP contribution in [0.25, 0.3) is 0 Å². The SMILES string of the molecule is CCCCCCCCCCCCCCCC(=O)N[C@@H](Cc1cnc[nH]1)C(=O)N[C@@H](C)C(=O)C[C@@H](Cc1ccc(O)cc1)C(=O)NC.CC[C@H](C)[C@H](CC(=O)[C@H](CO)NC(=O)[C@@H](CC(=O)[C@H](CC(C)C)NC(=O)[C@H](CCCN=C(N)N)CC(=O)[C@H](CCCN=C(N)N)NC(=O)[C@@H](CC(=O)[C@@H](C)CCCN=C(N)N)Cc1cnc[nH]1)CC(C)C)C(N)=O. The average molecular weight is 1680 g/mol. The maximum Gasteiger partial charge on any atom is 0.243 e. The molecule has 12 atom stereocenters. The Labute approximate surface area is 709 Å². The molecule has 0 radical (unpaired) electrons. The van der Waals surface area contributed by atoms with Gasteiger partial charge in [0.2, 0.25) is 41.4 Å². The fraction of sp³-hybridized carbons (Fsp3) is 0.686. The Morgan fingerprint density at radius 3 is 1.39 bits per heavy atom. The number of carbonyl (C=O) groups excluding carboxylic acids is 12. The van der Waals surface area contributed by atoms with Gasteiger partial charge in [-0.3, -0.25) is 72.5 Å². The first kappa shape index (κ1) is 106. The van der Waals surface area contributed by atoms with E-state index in [0.29, 0.717) is 50.0 Å². The van der Waals surface area contributed by atoms with E-state index in [1.54, 1.807) is 39.1 Å². The third-order valence-corrected chi connectivity index (χ3v) is 21.4. The number of imidazole rings is 2. The molecule has 0 spiro atoms. The van der Waals surface area contributed by atoms with E-state index in [1.807, 2.05) is 34.6 Å². The highest BCUT2D eigenvalue weighted by Gasteiger charge is 2.37. The minimum Gasteiger partial charge on any atom is -0.508 e. The Hall–Kier alpha value is -10.2. The number of aromatic amines is 2. The van der Waals surface area contributed by atoms with E-state index in [2.05, 4.69) is 73.7 Å². The second kappa shape index (κ2) is 60.3. The van der Waals surface area contributed by atoms with Crippen LogP contribution in [0, 0.1) is 53.3 Å². The van der Waals surface area contributed by atoms with E-state index in [-0.39, 0.29) is 161 Å². The number of phenolic OH excluding ortho intramolecular Hbond substituents is 1. The number of aliphatic imine (C=N–C) groups is 3. The number of unbranched alkanes of at least 4 members (excludes halogenated alkanes) is 12. The van der Waals surface area contributed by atoms with E-state index >= 15 is 0 Å². The largest absolute Gasteiger partial charge is 0.508 e. The van der Waals surface area contributed by atoms with Crippen molar-refractivity contribution < 1.29 is 67.7 Å². The Bertz CT molecular complexity index is 3630. The second-order valence-corrected chi connectivity index (χ2v) is 32.8. The molecule has 24 N–H and O–H groups in total. The number of aromatic hydroxyl groups is 1. The standard InChI is InChI=1S/C50H89N15O9.C36H57N5O5/c1-8-30(6)36(44(51)71)24-43(70)39(26-66)65-46(73)33(18-28(2)3)23-42(69)38(19-29(4)5)64-45(72)32(13-10-16-60-49(54)55)21-41(68)37(14-11-17-61-50(56)57)63-47(74)34(20-35-25-58-27-62-35)22-40(67)31(7)12-9-15-59-48(52)53;1-4-5-6-7-8-9-10-11-12-13-14-15-16-17-34(44)41-32(24-30-25-38-26-39-30)36(46)40-27(2)33(43)23-29(35(45)37-3)22-28-18-20-31(42)21-19-28/h25,27-34,36-39,66H,8-24,26H2,1-7H3,(H2,51,71)(H,58,62)(H,63,74)(H,64,72)(H,65,73)(H4,52,53,59)(H4,54,55,60)(H4,56,57,61);18-21,25-27,29,32,42H,4-17,22-24H2,1-3H3,(H,37,45)(H,38,39)(H,40,46)(H,41,44)/t30-,31-,32+,33+,34+,36-,37-,38-,39-;27-,29+,32-/m00/s1.